The van der Waals surface area contributed by atoms with Crippen LogP contribution in [0.2, 0.25) is 0 Å². The Morgan fingerprint density at radius 3 is 1.75 bits per heavy atom. The van der Waals surface area contributed by atoms with E-state index in [2.05, 4.69) is 57.8 Å². The minimum absolute atomic E-state index is 0.0247. The maximum atomic E-state index is 15.6. The number of para-hydroxylation sites is 2. The molecule has 0 radical (unpaired) electrons. The molecule has 0 aliphatic carbocycles. The monoisotopic (exact) mass is 1770 g/mol. The molecule has 3 aliphatic rings. The predicted octanol–water partition coefficient (Wildman–Crippen LogP) is -1.49. The zero-order chi connectivity index (χ0) is 92.5. The third-order valence-electron chi connectivity index (χ3n) is 23.0. The van der Waals surface area contributed by atoms with Gasteiger partial charge in [-0.05, 0) is 99.2 Å². The van der Waals surface area contributed by atoms with Crippen LogP contribution in [0.5, 0.6) is 5.75 Å². The number of thioether (sulfide) groups is 1. The number of phenolic OH excluding ortho intramolecular Hbond substituents is 1. The summed E-state index contributed by atoms with van der Waals surface area (Å²) in [5, 5.41) is 67.3. The lowest BCUT2D eigenvalue weighted by atomic mass is 9.90. The normalized spacial score (nSPS) is 25.8. The zero-order valence-electron chi connectivity index (χ0n) is 72.4. The van der Waals surface area contributed by atoms with Crippen LogP contribution in [-0.4, -0.2) is 305 Å². The molecule has 0 spiro atoms. The van der Waals surface area contributed by atoms with E-state index in [1.165, 1.54) is 59.3 Å². The number of primary amides is 1. The number of aromatic nitrogens is 2. The molecule has 19 N–H and O–H groups in total. The van der Waals surface area contributed by atoms with Gasteiger partial charge >= 0.3 is 5.97 Å². The highest BCUT2D eigenvalue weighted by molar-refractivity contribution is 8.00. The van der Waals surface area contributed by atoms with Crippen molar-refractivity contribution in [1.82, 2.24) is 82.3 Å². The van der Waals surface area contributed by atoms with Crippen LogP contribution in [0.1, 0.15) is 135 Å². The number of likely N-dealkylation sites (N-methyl/N-ethyl adjacent to an activating group) is 3. The zero-order valence-corrected chi connectivity index (χ0v) is 73.2. The van der Waals surface area contributed by atoms with Gasteiger partial charge in [-0.3, -0.25) is 81.5 Å². The second-order valence-electron chi connectivity index (χ2n) is 32.9. The molecule has 15 amide bonds. The SMILES string of the molecule is CCCC[C@H]1C(=O)N(C)[C@@H](CCCC)C(=O)N[C@@H](C)C(=O)N[C@H](C(=O)NCC(N)=O)CSCC(=O)N[C@@H](Cc2ccc(O)cc2)C(=O)N(C)[C@@H](C)C(=O)N[C@@H](CC(=O)O)C(=O)N2CCC[C@H]2C(=O)N[C@@H](CN)C(=O)N[C@@H](CC(C)C)C(=O)N2C[C@H](O)C[C@H]2C(=O)C[C@@H](Cc2c[nH]c3ccccc23)C(=O)N[C@@H](CO)C(=O)N[C@@H](Cc2c[nH]c3ccccc23)C(=O)N1C. The van der Waals surface area contributed by atoms with Gasteiger partial charge < -0.3 is 114 Å². The number of fused-ring (bicyclic) bond motifs is 4. The Morgan fingerprint density at radius 2 is 1.14 bits per heavy atom. The second kappa shape index (κ2) is 46.8. The van der Waals surface area contributed by atoms with E-state index in [0.29, 0.717) is 64.2 Å². The topological polar surface area (TPSA) is 579 Å². The number of hydrogen-bond donors (Lipinski definition) is 17. The van der Waals surface area contributed by atoms with Gasteiger partial charge in [-0.25, -0.2) is 0 Å². The van der Waals surface area contributed by atoms with Gasteiger partial charge in [-0.1, -0.05) is 102 Å². The number of carboxylic acid groups (broad SMARTS) is 1. The number of H-pyrrole nitrogens is 2. The molecule has 15 atom stereocenters. The lowest BCUT2D eigenvalue weighted by Crippen LogP contribution is -2.61. The first kappa shape index (κ1) is 99.4. The van der Waals surface area contributed by atoms with Crippen LogP contribution in [-0.2, 0) is 101 Å². The lowest BCUT2D eigenvalue weighted by Gasteiger charge is -2.36. The number of aliphatic carboxylic acids is 1. The Labute approximate surface area is 733 Å². The van der Waals surface area contributed by atoms with Crippen molar-refractivity contribution in [3.8, 4) is 5.75 Å². The Bertz CT molecular complexity index is 4750. The molecular formula is C86H120N18O21S. The number of aliphatic hydroxyl groups is 2. The van der Waals surface area contributed by atoms with Crippen molar-refractivity contribution in [2.45, 2.75) is 223 Å². The van der Waals surface area contributed by atoms with Gasteiger partial charge in [-0.15, -0.1) is 11.8 Å². The Hall–Kier alpha value is -12.0. The highest BCUT2D eigenvalue weighted by atomic mass is 32.2. The number of benzene rings is 3. The highest BCUT2D eigenvalue weighted by Crippen LogP contribution is 2.30. The number of rotatable bonds is 21. The third kappa shape index (κ3) is 26.8. The van der Waals surface area contributed by atoms with Crippen LogP contribution in [0.3, 0.4) is 0 Å². The molecule has 39 nitrogen and oxygen atoms in total. The summed E-state index contributed by atoms with van der Waals surface area (Å²) in [5.41, 5.74) is 14.3. The highest BCUT2D eigenvalue weighted by Gasteiger charge is 2.46. The summed E-state index contributed by atoms with van der Waals surface area (Å²) in [6.45, 7) is 6.80. The van der Waals surface area contributed by atoms with Crippen LogP contribution in [0.4, 0.5) is 0 Å². The number of Topliss-reactive ketones (excluding diaryl/α,β-unsaturated/α-hetero) is 1. The van der Waals surface area contributed by atoms with Gasteiger partial charge in [0.15, 0.2) is 5.78 Å². The molecule has 3 saturated heterocycles. The van der Waals surface area contributed by atoms with E-state index in [-0.39, 0.29) is 76.0 Å². The number of phenols is 1. The largest absolute Gasteiger partial charge is 0.508 e. The summed E-state index contributed by atoms with van der Waals surface area (Å²) >= 11 is 0.773. The molecule has 0 saturated carbocycles. The molecule has 3 aromatic carbocycles. The number of aromatic amines is 2. The molecule has 0 unspecified atom stereocenters. The van der Waals surface area contributed by atoms with Gasteiger partial charge in [0.2, 0.25) is 88.6 Å². The number of nitrogens with one attached hydrogen (secondary N) is 11. The van der Waals surface area contributed by atoms with Crippen molar-refractivity contribution in [2.24, 2.45) is 23.3 Å². The van der Waals surface area contributed by atoms with E-state index >= 15 is 28.8 Å². The van der Waals surface area contributed by atoms with E-state index in [0.717, 1.165) is 36.3 Å². The molecule has 2 aromatic heterocycles. The average Bonchev–Trinajstić information content (AvgIpc) is 1.71. The molecule has 3 aliphatic heterocycles. The van der Waals surface area contributed by atoms with E-state index in [1.807, 2.05) is 13.8 Å². The van der Waals surface area contributed by atoms with E-state index in [4.69, 9.17) is 11.5 Å². The van der Waals surface area contributed by atoms with Crippen LogP contribution in [0.25, 0.3) is 21.8 Å². The van der Waals surface area contributed by atoms with Gasteiger partial charge in [0.05, 0.1) is 37.5 Å². The second-order valence-corrected chi connectivity index (χ2v) is 33.9. The number of nitrogens with two attached hydrogens (primary N) is 2. The maximum Gasteiger partial charge on any atom is 0.305 e. The van der Waals surface area contributed by atoms with Gasteiger partial charge in [0, 0.05) is 112 Å². The number of aromatic hydroxyl groups is 1. The fourth-order valence-corrected chi connectivity index (χ4v) is 16.6. The van der Waals surface area contributed by atoms with E-state index in [9.17, 15) is 73.2 Å². The average molecular weight is 1770 g/mol. The maximum absolute atomic E-state index is 15.6. The molecule has 8 rings (SSSR count). The first-order chi connectivity index (χ1) is 59.9. The molecule has 40 heteroatoms. The van der Waals surface area contributed by atoms with Crippen molar-refractivity contribution in [3.63, 3.8) is 0 Å². The lowest BCUT2D eigenvalue weighted by molar-refractivity contribution is -0.149. The van der Waals surface area contributed by atoms with Crippen molar-refractivity contribution >= 4 is 134 Å². The number of ketones is 1. The number of hydrogen-bond acceptors (Lipinski definition) is 22. The molecule has 686 valence electrons. The summed E-state index contributed by atoms with van der Waals surface area (Å²) in [6, 6.07) is -0.135. The van der Waals surface area contributed by atoms with Gasteiger partial charge in [0.25, 0.3) is 0 Å². The minimum Gasteiger partial charge on any atom is -0.508 e. The molecule has 5 aromatic rings. The number of carbonyl (C=O) groups is 17. The van der Waals surface area contributed by atoms with Crippen LogP contribution in [0.15, 0.2) is 85.2 Å². The standard InChI is InChI=1S/C86H120N18O21S/c1-10-12-23-66-80(119)92-47(5)74(113)99-65(77(116)91-41-71(88)109)44-126-45-72(110)93-60(32-49-26-28-53(106)29-27-49)82(121)100(7)48(6)75(114)94-62(37-73(111)112)84(123)103-30-18-25-67(103)81(120)97-63(38-87)78(117)95-59(31-46(3)4)85(124)104-42-54(107)36-69(104)70(108)35-50(33-51-39-89-57-21-16-14-19-55(51)57)76(115)98-64(43-105)79(118)96-61(34-52-40-90-58-22-17-15-20-56(52)58)83(122)102(9)68(24-13-11-2)86(125)101(66)8/h14-17,19-22,26-29,39-40,46-48,50,54,59-69,89-90,105-107H,10-13,18,23-25,30-38,41-45,87H2,1-9H3,(H2,88,109)(H,91,116)(H,92,119)(H,93,110)(H,94,114)(H,95,117)(H,96,118)(H,97,120)(H,98,115)(H,99,113)(H,111,112)/t47-,48-,50+,54+,59-,60-,61-,62-,63-,64-,65-,66-,67-,68-,69-/m0/s1. The molecule has 126 heavy (non-hydrogen) atoms. The summed E-state index contributed by atoms with van der Waals surface area (Å²) < 4.78 is 0. The molecular weight excluding hydrogens is 1650 g/mol. The van der Waals surface area contributed by atoms with Crippen molar-refractivity contribution in [3.05, 3.63) is 102 Å². The van der Waals surface area contributed by atoms with Crippen LogP contribution < -0.4 is 59.3 Å². The van der Waals surface area contributed by atoms with Gasteiger partial charge in [0.1, 0.15) is 78.3 Å². The van der Waals surface area contributed by atoms with Crippen molar-refractivity contribution < 1.29 is 102 Å². The molecule has 5 heterocycles. The Kier molecular flexibility index (Phi) is 36.9. The third-order valence-corrected chi connectivity index (χ3v) is 24.0. The smallest absolute Gasteiger partial charge is 0.305 e. The van der Waals surface area contributed by atoms with E-state index in [1.54, 1.807) is 74.8 Å². The number of nitrogens with zero attached hydrogens (tertiary/aromatic N) is 5. The first-order valence-electron chi connectivity index (χ1n) is 42.5. The van der Waals surface area contributed by atoms with E-state index < -0.39 is 242 Å². The minimum atomic E-state index is -1.88. The van der Waals surface area contributed by atoms with Crippen molar-refractivity contribution in [1.29, 1.82) is 0 Å². The number of amides is 15. The van der Waals surface area contributed by atoms with Crippen LogP contribution >= 0.6 is 11.8 Å². The quantitative estimate of drug-likeness (QED) is 0.0398. The molecule has 3 fully saturated rings. The summed E-state index contributed by atoms with van der Waals surface area (Å²) in [7, 11) is 3.91. The Balaban J connectivity index is 1.16. The Morgan fingerprint density at radius 1 is 0.587 bits per heavy atom. The number of aliphatic hydroxyl groups excluding tert-OH is 2. The number of carboxylic acids is 1. The van der Waals surface area contributed by atoms with Crippen molar-refractivity contribution in [2.75, 3.05) is 65.4 Å². The van der Waals surface area contributed by atoms with Gasteiger partial charge in [-0.2, -0.15) is 0 Å². The van der Waals surface area contributed by atoms with Crippen LogP contribution in [0, 0.1) is 11.8 Å². The predicted molar refractivity (Wildman–Crippen MR) is 463 cm³/mol. The number of carbonyl (C=O) groups excluding carboxylic acids is 16. The summed E-state index contributed by atoms with van der Waals surface area (Å²) in [4.78, 5) is 257. The fourth-order valence-electron chi connectivity index (χ4n) is 15.8. The number of unbranched alkanes of at least 4 members (excludes halogenated alkanes) is 2. The molecule has 0 bridgehead atoms. The first-order valence-corrected chi connectivity index (χ1v) is 43.6. The fraction of sp³-hybridized carbons (Fsp3) is 0.547. The summed E-state index contributed by atoms with van der Waals surface area (Å²) in [5.74, 6) is -19.0. The summed E-state index contributed by atoms with van der Waals surface area (Å²) in [6.07, 6.45) is 1.13.